The van der Waals surface area contributed by atoms with Crippen LogP contribution >= 0.6 is 15.9 Å². The number of nitrogens with zero attached hydrogens (tertiary/aromatic N) is 2. The van der Waals surface area contributed by atoms with E-state index in [0.717, 1.165) is 22.4 Å². The lowest BCUT2D eigenvalue weighted by atomic mass is 10.1. The summed E-state index contributed by atoms with van der Waals surface area (Å²) in [7, 11) is 0. The molecule has 21 heavy (non-hydrogen) atoms. The van der Waals surface area contributed by atoms with Gasteiger partial charge in [0.25, 0.3) is 11.2 Å². The normalized spacial score (nSPS) is 10.3. The summed E-state index contributed by atoms with van der Waals surface area (Å²) in [5.41, 5.74) is 0.121. The van der Waals surface area contributed by atoms with Gasteiger partial charge in [-0.1, -0.05) is 30.3 Å². The van der Waals surface area contributed by atoms with E-state index in [1.54, 1.807) is 0 Å². The van der Waals surface area contributed by atoms with Crippen LogP contribution in [0.3, 0.4) is 0 Å². The SMILES string of the molecule is O=C(Cc1ccccc1)Cn1cc([N+](=O)[O-])cc(Br)c1=O. The Morgan fingerprint density at radius 2 is 1.95 bits per heavy atom. The second-order valence-electron chi connectivity index (χ2n) is 4.44. The Balaban J connectivity index is 2.21. The van der Waals surface area contributed by atoms with Crippen molar-refractivity contribution in [2.75, 3.05) is 0 Å². The van der Waals surface area contributed by atoms with Gasteiger partial charge in [0.2, 0.25) is 0 Å². The maximum atomic E-state index is 12.0. The minimum absolute atomic E-state index is 0.0595. The number of ketones is 1. The Kier molecular flexibility index (Phi) is 4.64. The number of pyridine rings is 1. The van der Waals surface area contributed by atoms with Gasteiger partial charge in [-0.2, -0.15) is 0 Å². The Labute approximate surface area is 128 Å². The smallest absolute Gasteiger partial charge is 0.286 e. The molecule has 0 saturated carbocycles. The summed E-state index contributed by atoms with van der Waals surface area (Å²) in [6.07, 6.45) is 1.25. The van der Waals surface area contributed by atoms with Gasteiger partial charge in [0, 0.05) is 12.5 Å². The minimum Gasteiger partial charge on any atom is -0.300 e. The molecule has 1 aromatic heterocycles. The highest BCUT2D eigenvalue weighted by atomic mass is 79.9. The molecule has 0 bridgehead atoms. The molecule has 7 heteroatoms. The maximum Gasteiger partial charge on any atom is 0.286 e. The van der Waals surface area contributed by atoms with Crippen LogP contribution in [0.25, 0.3) is 0 Å². The lowest BCUT2D eigenvalue weighted by Crippen LogP contribution is -2.25. The number of hydrogen-bond donors (Lipinski definition) is 0. The van der Waals surface area contributed by atoms with E-state index in [9.17, 15) is 19.7 Å². The van der Waals surface area contributed by atoms with Crippen LogP contribution in [-0.2, 0) is 17.8 Å². The number of carbonyl (C=O) groups excluding carboxylic acids is 1. The molecule has 0 unspecified atom stereocenters. The maximum absolute atomic E-state index is 12.0. The molecule has 1 heterocycles. The van der Waals surface area contributed by atoms with E-state index < -0.39 is 10.5 Å². The first kappa shape index (κ1) is 15.1. The van der Waals surface area contributed by atoms with Crippen LogP contribution in [-0.4, -0.2) is 15.3 Å². The summed E-state index contributed by atoms with van der Waals surface area (Å²) in [6.45, 7) is -0.200. The fourth-order valence-corrected chi connectivity index (χ4v) is 2.33. The third-order valence-corrected chi connectivity index (χ3v) is 3.40. The number of carbonyl (C=O) groups is 1. The van der Waals surface area contributed by atoms with Crippen molar-refractivity contribution in [2.45, 2.75) is 13.0 Å². The fourth-order valence-electron chi connectivity index (χ4n) is 1.87. The van der Waals surface area contributed by atoms with Crippen LogP contribution in [0.2, 0.25) is 0 Å². The second-order valence-corrected chi connectivity index (χ2v) is 5.29. The standard InChI is InChI=1S/C14H11BrN2O4/c15-13-7-11(17(20)21)8-16(14(13)19)9-12(18)6-10-4-2-1-3-5-10/h1-5,7-8H,6,9H2. The number of halogens is 1. The van der Waals surface area contributed by atoms with Gasteiger partial charge < -0.3 is 4.57 Å². The predicted molar refractivity (Wildman–Crippen MR) is 80.2 cm³/mol. The molecule has 108 valence electrons. The van der Waals surface area contributed by atoms with E-state index in [1.165, 1.54) is 0 Å². The lowest BCUT2D eigenvalue weighted by molar-refractivity contribution is -0.385. The Morgan fingerprint density at radius 1 is 1.29 bits per heavy atom. The number of rotatable bonds is 5. The van der Waals surface area contributed by atoms with Crippen LogP contribution in [0.4, 0.5) is 5.69 Å². The molecule has 0 aliphatic rings. The van der Waals surface area contributed by atoms with Crippen molar-refractivity contribution in [3.8, 4) is 0 Å². The summed E-state index contributed by atoms with van der Waals surface area (Å²) in [6, 6.07) is 10.2. The van der Waals surface area contributed by atoms with Crippen molar-refractivity contribution in [3.05, 3.63) is 73.1 Å². The molecule has 0 saturated heterocycles. The number of hydrogen-bond acceptors (Lipinski definition) is 4. The first-order chi connectivity index (χ1) is 9.97. The van der Waals surface area contributed by atoms with Gasteiger partial charge in [-0.3, -0.25) is 19.7 Å². The van der Waals surface area contributed by atoms with Crippen LogP contribution in [0.15, 0.2) is 51.9 Å². The van der Waals surface area contributed by atoms with E-state index in [0.29, 0.717) is 0 Å². The third-order valence-electron chi connectivity index (χ3n) is 2.83. The molecule has 0 fully saturated rings. The Morgan fingerprint density at radius 3 is 2.57 bits per heavy atom. The zero-order chi connectivity index (χ0) is 15.4. The van der Waals surface area contributed by atoms with E-state index in [1.807, 2.05) is 30.3 Å². The van der Waals surface area contributed by atoms with Gasteiger partial charge in [-0.05, 0) is 21.5 Å². The van der Waals surface area contributed by atoms with Crippen molar-refractivity contribution in [1.82, 2.24) is 4.57 Å². The van der Waals surface area contributed by atoms with Crippen LogP contribution in [0.5, 0.6) is 0 Å². The fraction of sp³-hybridized carbons (Fsp3) is 0.143. The van der Waals surface area contributed by atoms with E-state index >= 15 is 0 Å². The number of benzene rings is 1. The molecular formula is C14H11BrN2O4. The number of nitro groups is 1. The topological polar surface area (TPSA) is 82.2 Å². The lowest BCUT2D eigenvalue weighted by Gasteiger charge is -2.06. The number of Topliss-reactive ketones (excluding diaryl/α,β-unsaturated/α-hetero) is 1. The molecule has 0 spiro atoms. The minimum atomic E-state index is -0.609. The molecule has 0 radical (unpaired) electrons. The molecule has 2 rings (SSSR count). The van der Waals surface area contributed by atoms with Crippen LogP contribution < -0.4 is 5.56 Å². The molecular weight excluding hydrogens is 340 g/mol. The molecule has 1 aromatic carbocycles. The average molecular weight is 351 g/mol. The molecule has 0 N–H and O–H groups in total. The van der Waals surface area contributed by atoms with E-state index in [2.05, 4.69) is 15.9 Å². The zero-order valence-corrected chi connectivity index (χ0v) is 12.4. The van der Waals surface area contributed by atoms with Crippen molar-refractivity contribution < 1.29 is 9.72 Å². The Bertz CT molecular complexity index is 740. The summed E-state index contributed by atoms with van der Waals surface area (Å²) in [5.74, 6) is -0.198. The highest BCUT2D eigenvalue weighted by Crippen LogP contribution is 2.14. The summed E-state index contributed by atoms with van der Waals surface area (Å²) >= 11 is 2.97. The molecule has 0 amide bonds. The predicted octanol–water partition coefficient (Wildman–Crippen LogP) is 2.33. The van der Waals surface area contributed by atoms with Gasteiger partial charge in [0.05, 0.1) is 22.1 Å². The highest BCUT2D eigenvalue weighted by Gasteiger charge is 2.14. The number of aromatic nitrogens is 1. The van der Waals surface area contributed by atoms with Crippen molar-refractivity contribution in [1.29, 1.82) is 0 Å². The molecule has 0 atom stereocenters. The quantitative estimate of drug-likeness (QED) is 0.612. The summed E-state index contributed by atoms with van der Waals surface area (Å²) < 4.78 is 1.11. The van der Waals surface area contributed by atoms with Gasteiger partial charge in [0.1, 0.15) is 0 Å². The van der Waals surface area contributed by atoms with Crippen molar-refractivity contribution in [2.24, 2.45) is 0 Å². The molecule has 2 aromatic rings. The average Bonchev–Trinajstić information content (AvgIpc) is 2.44. The first-order valence-electron chi connectivity index (χ1n) is 6.07. The zero-order valence-electron chi connectivity index (χ0n) is 10.9. The second kappa shape index (κ2) is 6.45. The van der Waals surface area contributed by atoms with Gasteiger partial charge in [-0.25, -0.2) is 0 Å². The highest BCUT2D eigenvalue weighted by molar-refractivity contribution is 9.10. The largest absolute Gasteiger partial charge is 0.300 e. The van der Waals surface area contributed by atoms with Gasteiger partial charge >= 0.3 is 0 Å². The molecule has 0 aliphatic carbocycles. The van der Waals surface area contributed by atoms with Crippen molar-refractivity contribution in [3.63, 3.8) is 0 Å². The third kappa shape index (κ3) is 3.85. The summed E-state index contributed by atoms with van der Waals surface area (Å²) in [4.78, 5) is 34.0. The monoisotopic (exact) mass is 350 g/mol. The molecule has 0 aliphatic heterocycles. The van der Waals surface area contributed by atoms with Crippen LogP contribution in [0.1, 0.15) is 5.56 Å². The van der Waals surface area contributed by atoms with Gasteiger partial charge in [-0.15, -0.1) is 0 Å². The van der Waals surface area contributed by atoms with E-state index in [-0.39, 0.29) is 28.9 Å². The first-order valence-corrected chi connectivity index (χ1v) is 6.86. The Hall–Kier alpha value is -2.28. The van der Waals surface area contributed by atoms with Gasteiger partial charge in [0.15, 0.2) is 5.78 Å². The van der Waals surface area contributed by atoms with E-state index in [4.69, 9.17) is 0 Å². The molecule has 6 nitrogen and oxygen atoms in total. The van der Waals surface area contributed by atoms with Crippen LogP contribution in [0, 0.1) is 10.1 Å². The summed E-state index contributed by atoms with van der Waals surface area (Å²) in [5, 5.41) is 10.8. The van der Waals surface area contributed by atoms with Crippen molar-refractivity contribution >= 4 is 27.4 Å².